The average molecular weight is 428 g/mol. The molecule has 0 aliphatic carbocycles. The molecule has 0 amide bonds. The third-order valence-electron chi connectivity index (χ3n) is 4.06. The van der Waals surface area contributed by atoms with Gasteiger partial charge in [0, 0.05) is 43.7 Å². The molecule has 1 unspecified atom stereocenters. The highest BCUT2D eigenvalue weighted by Crippen LogP contribution is 2.14. The van der Waals surface area contributed by atoms with Crippen molar-refractivity contribution in [2.75, 3.05) is 57.4 Å². The minimum absolute atomic E-state index is 0. The Kier molecular flexibility index (Phi) is 9.31. The lowest BCUT2D eigenvalue weighted by molar-refractivity contribution is 0.00864. The molecule has 5 nitrogen and oxygen atoms in total. The lowest BCUT2D eigenvalue weighted by Gasteiger charge is -2.36. The molecular formula is C14H29IN4OS. The molecule has 0 aromatic heterocycles. The molecule has 2 rings (SSSR count). The number of thioether (sulfide) groups is 1. The molecule has 7 heteroatoms. The first kappa shape index (κ1) is 19.3. The first-order valence-electron chi connectivity index (χ1n) is 7.63. The summed E-state index contributed by atoms with van der Waals surface area (Å²) in [4.78, 5) is 9.39. The summed E-state index contributed by atoms with van der Waals surface area (Å²) in [7, 11) is 0. The van der Waals surface area contributed by atoms with Crippen LogP contribution in [0.4, 0.5) is 0 Å². The minimum atomic E-state index is 0. The van der Waals surface area contributed by atoms with Crippen LogP contribution >= 0.6 is 35.7 Å². The van der Waals surface area contributed by atoms with Crippen LogP contribution in [0.1, 0.15) is 13.8 Å². The summed E-state index contributed by atoms with van der Waals surface area (Å²) in [5.41, 5.74) is 6.15. The first-order valence-corrected chi connectivity index (χ1v) is 8.78. The molecule has 0 aromatic carbocycles. The summed E-state index contributed by atoms with van der Waals surface area (Å²) in [6.07, 6.45) is 0. The van der Waals surface area contributed by atoms with Gasteiger partial charge >= 0.3 is 0 Å². The van der Waals surface area contributed by atoms with Crippen molar-refractivity contribution < 1.29 is 4.74 Å². The molecule has 2 heterocycles. The standard InChI is InChI=1S/C14H28N4OS.HI/c1-12(2)13(17-3-7-19-8-4-17)11-16-14(15)18-5-9-20-10-6-18;/h12-13H,3-11H2,1-2H3,(H2,15,16);1H. The van der Waals surface area contributed by atoms with Crippen LogP contribution in [-0.4, -0.2) is 79.2 Å². The van der Waals surface area contributed by atoms with E-state index in [2.05, 4.69) is 28.6 Å². The molecule has 1 atom stereocenters. The van der Waals surface area contributed by atoms with Gasteiger partial charge < -0.3 is 15.4 Å². The van der Waals surface area contributed by atoms with Crippen LogP contribution in [0, 0.1) is 5.92 Å². The SMILES string of the molecule is CC(C)C(CN=C(N)N1CCSCC1)N1CCOCC1.I. The second-order valence-electron chi connectivity index (χ2n) is 5.76. The van der Waals surface area contributed by atoms with E-state index < -0.39 is 0 Å². The molecular weight excluding hydrogens is 399 g/mol. The van der Waals surface area contributed by atoms with E-state index in [1.54, 1.807) is 0 Å². The molecule has 0 spiro atoms. The molecule has 124 valence electrons. The Morgan fingerprint density at radius 1 is 1.19 bits per heavy atom. The normalized spacial score (nSPS) is 23.0. The van der Waals surface area contributed by atoms with E-state index >= 15 is 0 Å². The smallest absolute Gasteiger partial charge is 0.191 e. The number of hydrogen-bond acceptors (Lipinski definition) is 4. The summed E-state index contributed by atoms with van der Waals surface area (Å²) in [5.74, 6) is 3.63. The number of nitrogens with zero attached hydrogens (tertiary/aromatic N) is 3. The van der Waals surface area contributed by atoms with Crippen LogP contribution in [0.15, 0.2) is 4.99 Å². The predicted molar refractivity (Wildman–Crippen MR) is 102 cm³/mol. The quantitative estimate of drug-likeness (QED) is 0.416. The third-order valence-corrected chi connectivity index (χ3v) is 5.00. The maximum Gasteiger partial charge on any atom is 0.191 e. The van der Waals surface area contributed by atoms with E-state index in [9.17, 15) is 0 Å². The Labute approximate surface area is 150 Å². The van der Waals surface area contributed by atoms with Crippen molar-refractivity contribution in [3.05, 3.63) is 0 Å². The molecule has 0 radical (unpaired) electrons. The van der Waals surface area contributed by atoms with E-state index in [0.717, 1.165) is 63.4 Å². The van der Waals surface area contributed by atoms with Crippen LogP contribution in [-0.2, 0) is 4.74 Å². The Hall–Kier alpha value is 0.270. The van der Waals surface area contributed by atoms with Gasteiger partial charge in [0.15, 0.2) is 5.96 Å². The molecule has 0 aromatic rings. The van der Waals surface area contributed by atoms with E-state index in [-0.39, 0.29) is 24.0 Å². The maximum absolute atomic E-state index is 6.15. The van der Waals surface area contributed by atoms with Crippen molar-refractivity contribution in [3.63, 3.8) is 0 Å². The zero-order valence-corrected chi connectivity index (χ0v) is 16.3. The van der Waals surface area contributed by atoms with Crippen molar-refractivity contribution in [1.82, 2.24) is 9.80 Å². The Morgan fingerprint density at radius 3 is 2.38 bits per heavy atom. The maximum atomic E-state index is 6.15. The number of halogens is 1. The minimum Gasteiger partial charge on any atom is -0.379 e. The van der Waals surface area contributed by atoms with Gasteiger partial charge in [-0.25, -0.2) is 0 Å². The molecule has 2 aliphatic heterocycles. The molecule has 2 fully saturated rings. The van der Waals surface area contributed by atoms with Gasteiger partial charge in [-0.3, -0.25) is 9.89 Å². The average Bonchev–Trinajstić information content (AvgIpc) is 2.49. The fourth-order valence-corrected chi connectivity index (χ4v) is 3.64. The van der Waals surface area contributed by atoms with Crippen molar-refractivity contribution in [2.24, 2.45) is 16.6 Å². The van der Waals surface area contributed by atoms with Crippen LogP contribution in [0.2, 0.25) is 0 Å². The van der Waals surface area contributed by atoms with Crippen LogP contribution in [0.3, 0.4) is 0 Å². The van der Waals surface area contributed by atoms with Crippen LogP contribution in [0.25, 0.3) is 0 Å². The fraction of sp³-hybridized carbons (Fsp3) is 0.929. The van der Waals surface area contributed by atoms with E-state index in [1.165, 1.54) is 0 Å². The molecule has 2 N–H and O–H groups in total. The largest absolute Gasteiger partial charge is 0.379 e. The van der Waals surface area contributed by atoms with Gasteiger partial charge in [0.1, 0.15) is 0 Å². The highest BCUT2D eigenvalue weighted by atomic mass is 127. The Bertz CT molecular complexity index is 318. The van der Waals surface area contributed by atoms with Gasteiger partial charge in [0.2, 0.25) is 0 Å². The van der Waals surface area contributed by atoms with E-state index in [4.69, 9.17) is 10.5 Å². The molecule has 2 saturated heterocycles. The molecule has 2 aliphatic rings. The number of aliphatic imine (C=N–C) groups is 1. The summed E-state index contributed by atoms with van der Waals surface area (Å²) < 4.78 is 5.44. The first-order chi connectivity index (χ1) is 9.68. The lowest BCUT2D eigenvalue weighted by atomic mass is 10.0. The summed E-state index contributed by atoms with van der Waals surface area (Å²) >= 11 is 1.99. The van der Waals surface area contributed by atoms with Gasteiger partial charge in [-0.05, 0) is 5.92 Å². The topological polar surface area (TPSA) is 54.1 Å². The zero-order chi connectivity index (χ0) is 14.4. The fourth-order valence-electron chi connectivity index (χ4n) is 2.74. The zero-order valence-electron chi connectivity index (χ0n) is 13.2. The summed E-state index contributed by atoms with van der Waals surface area (Å²) in [6.45, 7) is 11.1. The number of ether oxygens (including phenoxy) is 1. The van der Waals surface area contributed by atoms with Crippen LogP contribution in [0.5, 0.6) is 0 Å². The second-order valence-corrected chi connectivity index (χ2v) is 6.98. The van der Waals surface area contributed by atoms with Crippen molar-refractivity contribution in [1.29, 1.82) is 0 Å². The lowest BCUT2D eigenvalue weighted by Crippen LogP contribution is -2.48. The van der Waals surface area contributed by atoms with Gasteiger partial charge in [-0.1, -0.05) is 13.8 Å². The van der Waals surface area contributed by atoms with E-state index in [0.29, 0.717) is 12.0 Å². The number of nitrogens with two attached hydrogens (primary N) is 1. The number of guanidine groups is 1. The predicted octanol–water partition coefficient (Wildman–Crippen LogP) is 1.32. The highest BCUT2D eigenvalue weighted by Gasteiger charge is 2.24. The summed E-state index contributed by atoms with van der Waals surface area (Å²) in [6, 6.07) is 0.469. The van der Waals surface area contributed by atoms with Gasteiger partial charge in [0.05, 0.1) is 19.8 Å². The monoisotopic (exact) mass is 428 g/mol. The van der Waals surface area contributed by atoms with Gasteiger partial charge in [0.25, 0.3) is 0 Å². The molecule has 21 heavy (non-hydrogen) atoms. The Morgan fingerprint density at radius 2 is 1.81 bits per heavy atom. The number of rotatable bonds is 4. The molecule has 0 saturated carbocycles. The van der Waals surface area contributed by atoms with Crippen molar-refractivity contribution in [2.45, 2.75) is 19.9 Å². The number of hydrogen-bond donors (Lipinski definition) is 1. The van der Waals surface area contributed by atoms with Gasteiger partial charge in [-0.15, -0.1) is 24.0 Å². The third kappa shape index (κ3) is 6.11. The van der Waals surface area contributed by atoms with E-state index in [1.807, 2.05) is 11.8 Å². The number of morpholine rings is 1. The van der Waals surface area contributed by atoms with Crippen molar-refractivity contribution in [3.8, 4) is 0 Å². The molecule has 0 bridgehead atoms. The summed E-state index contributed by atoms with van der Waals surface area (Å²) in [5, 5.41) is 0. The van der Waals surface area contributed by atoms with Crippen LogP contribution < -0.4 is 5.73 Å². The highest BCUT2D eigenvalue weighted by molar-refractivity contribution is 14.0. The van der Waals surface area contributed by atoms with Gasteiger partial charge in [-0.2, -0.15) is 11.8 Å². The second kappa shape index (κ2) is 10.1. The Balaban J connectivity index is 0.00000220. The van der Waals surface area contributed by atoms with Crippen molar-refractivity contribution >= 4 is 41.7 Å².